The van der Waals surface area contributed by atoms with Gasteiger partial charge in [-0.3, -0.25) is 4.79 Å². The van der Waals surface area contributed by atoms with Gasteiger partial charge in [-0.25, -0.2) is 0 Å². The molecular weight excluding hydrogens is 178 g/mol. The van der Waals surface area contributed by atoms with Crippen LogP contribution in [0.15, 0.2) is 0 Å². The molecule has 1 N–H and O–H groups in total. The first kappa shape index (κ1) is 11.0. The van der Waals surface area contributed by atoms with Crippen LogP contribution in [0.2, 0.25) is 19.1 Å². The Morgan fingerprint density at radius 2 is 2.09 bits per heavy atom. The maximum absolute atomic E-state index is 10.4. The molecule has 0 saturated heterocycles. The van der Waals surface area contributed by atoms with Crippen molar-refractivity contribution in [3.8, 4) is 0 Å². The highest BCUT2D eigenvalue weighted by Gasteiger charge is 2.15. The van der Waals surface area contributed by atoms with Gasteiger partial charge in [-0.2, -0.15) is 11.1 Å². The summed E-state index contributed by atoms with van der Waals surface area (Å²) < 4.78 is 0. The Morgan fingerprint density at radius 3 is 2.45 bits per heavy atom. The molecular formula is C7H16ClNOSi. The summed E-state index contributed by atoms with van der Waals surface area (Å²) in [6, 6.07) is 1.06. The number of amides is 1. The van der Waals surface area contributed by atoms with Crippen molar-refractivity contribution in [3.63, 3.8) is 0 Å². The van der Waals surface area contributed by atoms with Gasteiger partial charge >= 0.3 is 0 Å². The second-order valence-corrected chi connectivity index (χ2v) is 10.3. The van der Waals surface area contributed by atoms with Gasteiger partial charge in [0, 0.05) is 13.5 Å². The summed E-state index contributed by atoms with van der Waals surface area (Å²) in [6.07, 6.45) is 1.00. The fourth-order valence-electron chi connectivity index (χ4n) is 0.773. The maximum Gasteiger partial charge on any atom is 0.216 e. The van der Waals surface area contributed by atoms with Gasteiger partial charge in [0.05, 0.1) is 0 Å². The molecule has 0 spiro atoms. The largest absolute Gasteiger partial charge is 0.356 e. The molecule has 11 heavy (non-hydrogen) atoms. The summed E-state index contributed by atoms with van der Waals surface area (Å²) >= 11 is 6.07. The Bertz CT molecular complexity index is 133. The number of hydrogen-bond donors (Lipinski definition) is 1. The Morgan fingerprint density at radius 1 is 1.55 bits per heavy atom. The molecule has 1 amide bonds. The van der Waals surface area contributed by atoms with E-state index in [2.05, 4.69) is 18.4 Å². The van der Waals surface area contributed by atoms with Gasteiger partial charge in [0.1, 0.15) is 0 Å². The number of hydrogen-bond acceptors (Lipinski definition) is 1. The van der Waals surface area contributed by atoms with Gasteiger partial charge in [-0.15, -0.1) is 0 Å². The summed E-state index contributed by atoms with van der Waals surface area (Å²) in [6.45, 7) is 6.52. The summed E-state index contributed by atoms with van der Waals surface area (Å²) in [5, 5.41) is 2.74. The Hall–Kier alpha value is -0.0231. The van der Waals surface area contributed by atoms with E-state index in [4.69, 9.17) is 11.1 Å². The number of halogens is 1. The standard InChI is InChI=1S/C7H16ClNOSi/c1-7(10)9-5-4-6-11(2,3)8/h4-6H2,1-3H3,(H,9,10). The number of carbonyl (C=O) groups excluding carboxylic acids is 1. The van der Waals surface area contributed by atoms with E-state index in [-0.39, 0.29) is 5.91 Å². The number of carbonyl (C=O) groups is 1. The van der Waals surface area contributed by atoms with Crippen molar-refractivity contribution in [1.29, 1.82) is 0 Å². The SMILES string of the molecule is CC(=O)NCCC[Si](C)(C)Cl. The Balaban J connectivity index is 3.22. The molecule has 0 aliphatic carbocycles. The molecule has 0 heterocycles. The van der Waals surface area contributed by atoms with E-state index in [1.807, 2.05) is 0 Å². The quantitative estimate of drug-likeness (QED) is 0.413. The summed E-state index contributed by atoms with van der Waals surface area (Å²) in [4.78, 5) is 10.4. The van der Waals surface area contributed by atoms with Crippen LogP contribution >= 0.6 is 11.1 Å². The lowest BCUT2D eigenvalue weighted by atomic mass is 10.5. The number of rotatable bonds is 4. The van der Waals surface area contributed by atoms with Crippen LogP contribution in [0.4, 0.5) is 0 Å². The van der Waals surface area contributed by atoms with Crippen LogP contribution in [0.25, 0.3) is 0 Å². The first-order valence-corrected chi connectivity index (χ1v) is 8.07. The second kappa shape index (κ2) is 4.77. The smallest absolute Gasteiger partial charge is 0.216 e. The monoisotopic (exact) mass is 193 g/mol. The predicted octanol–water partition coefficient (Wildman–Crippen LogP) is 1.96. The van der Waals surface area contributed by atoms with Crippen LogP contribution < -0.4 is 5.32 Å². The summed E-state index contributed by atoms with van der Waals surface area (Å²) in [5.74, 6) is 0.0408. The average molecular weight is 194 g/mol. The topological polar surface area (TPSA) is 29.1 Å². The van der Waals surface area contributed by atoms with Gasteiger partial charge in [0.2, 0.25) is 5.91 Å². The summed E-state index contributed by atoms with van der Waals surface area (Å²) in [5.41, 5.74) is 0. The molecule has 0 rings (SSSR count). The highest BCUT2D eigenvalue weighted by Crippen LogP contribution is 2.15. The highest BCUT2D eigenvalue weighted by molar-refractivity contribution is 7.19. The molecule has 2 nitrogen and oxygen atoms in total. The fraction of sp³-hybridized carbons (Fsp3) is 0.857. The molecule has 0 saturated carbocycles. The molecule has 0 aromatic rings. The lowest BCUT2D eigenvalue weighted by Gasteiger charge is -2.11. The minimum absolute atomic E-state index is 0.0408. The Kier molecular flexibility index (Phi) is 4.76. The Labute approximate surface area is 74.0 Å². The van der Waals surface area contributed by atoms with Crippen molar-refractivity contribution >= 4 is 24.4 Å². The number of nitrogens with one attached hydrogen (secondary N) is 1. The maximum atomic E-state index is 10.4. The molecule has 0 aliphatic rings. The van der Waals surface area contributed by atoms with Crippen LogP contribution in [-0.2, 0) is 4.79 Å². The molecule has 0 unspecified atom stereocenters. The van der Waals surface area contributed by atoms with Gasteiger partial charge in [-0.1, -0.05) is 13.1 Å². The van der Waals surface area contributed by atoms with E-state index in [0.29, 0.717) is 0 Å². The normalized spacial score (nSPS) is 11.3. The van der Waals surface area contributed by atoms with Crippen molar-refractivity contribution in [2.75, 3.05) is 6.54 Å². The van der Waals surface area contributed by atoms with E-state index in [9.17, 15) is 4.79 Å². The van der Waals surface area contributed by atoms with Crippen molar-refractivity contribution < 1.29 is 4.79 Å². The molecule has 0 bridgehead atoms. The van der Waals surface area contributed by atoms with Crippen LogP contribution in [0.3, 0.4) is 0 Å². The van der Waals surface area contributed by atoms with Crippen molar-refractivity contribution in [2.24, 2.45) is 0 Å². The second-order valence-electron chi connectivity index (χ2n) is 3.31. The average Bonchev–Trinajstić information content (AvgIpc) is 1.78. The van der Waals surface area contributed by atoms with Crippen LogP contribution in [0.5, 0.6) is 0 Å². The highest BCUT2D eigenvalue weighted by atomic mass is 35.6. The lowest BCUT2D eigenvalue weighted by Crippen LogP contribution is -2.24. The zero-order valence-corrected chi connectivity index (χ0v) is 9.16. The molecule has 66 valence electrons. The molecule has 0 atom stereocenters. The van der Waals surface area contributed by atoms with Gasteiger partial charge in [-0.05, 0) is 12.5 Å². The zero-order chi connectivity index (χ0) is 8.91. The van der Waals surface area contributed by atoms with Gasteiger partial charge in [0.25, 0.3) is 0 Å². The predicted molar refractivity (Wildman–Crippen MR) is 51.4 cm³/mol. The molecule has 0 aromatic heterocycles. The minimum atomic E-state index is -1.41. The third kappa shape index (κ3) is 9.98. The van der Waals surface area contributed by atoms with E-state index in [0.717, 1.165) is 19.0 Å². The molecule has 4 heteroatoms. The van der Waals surface area contributed by atoms with Crippen molar-refractivity contribution in [1.82, 2.24) is 5.32 Å². The van der Waals surface area contributed by atoms with E-state index >= 15 is 0 Å². The molecule has 0 aromatic carbocycles. The lowest BCUT2D eigenvalue weighted by molar-refractivity contribution is -0.118. The van der Waals surface area contributed by atoms with Crippen LogP contribution in [0.1, 0.15) is 13.3 Å². The minimum Gasteiger partial charge on any atom is -0.356 e. The van der Waals surface area contributed by atoms with E-state index < -0.39 is 7.38 Å². The van der Waals surface area contributed by atoms with Gasteiger partial charge < -0.3 is 5.32 Å². The van der Waals surface area contributed by atoms with Crippen LogP contribution in [0, 0.1) is 0 Å². The zero-order valence-electron chi connectivity index (χ0n) is 7.41. The first-order chi connectivity index (χ1) is 4.92. The first-order valence-electron chi connectivity index (χ1n) is 3.85. The van der Waals surface area contributed by atoms with E-state index in [1.54, 1.807) is 0 Å². The fourth-order valence-corrected chi connectivity index (χ4v) is 2.19. The third-order valence-electron chi connectivity index (χ3n) is 1.32. The molecule has 0 fully saturated rings. The molecule has 0 aliphatic heterocycles. The van der Waals surface area contributed by atoms with Crippen LogP contribution in [-0.4, -0.2) is 19.8 Å². The van der Waals surface area contributed by atoms with E-state index in [1.165, 1.54) is 6.92 Å². The summed E-state index contributed by atoms with van der Waals surface area (Å²) in [7, 11) is -1.41. The third-order valence-corrected chi connectivity index (χ3v) is 3.43. The molecule has 0 radical (unpaired) electrons. The van der Waals surface area contributed by atoms with Crippen molar-refractivity contribution in [3.05, 3.63) is 0 Å². The van der Waals surface area contributed by atoms with Gasteiger partial charge in [0.15, 0.2) is 7.38 Å². The van der Waals surface area contributed by atoms with Crippen molar-refractivity contribution in [2.45, 2.75) is 32.5 Å².